The minimum absolute atomic E-state index is 0.245. The number of carboxylic acids is 1. The summed E-state index contributed by atoms with van der Waals surface area (Å²) in [5.41, 5.74) is 2.46. The Balaban J connectivity index is 2.42. The standard InChI is InChI=1S/C16H22O3/c1-16(2,15(18)19)10-13-12-7-5-3-4-6-11(12)8-9-14(13)17/h8-9,17H,3-7,10H2,1-2H3,(H,18,19). The molecule has 2 rings (SSSR count). The minimum Gasteiger partial charge on any atom is -0.508 e. The number of phenolic OH excluding ortho intramolecular Hbond substituents is 1. The number of carboxylic acid groups (broad SMARTS) is 1. The van der Waals surface area contributed by atoms with Gasteiger partial charge in [0.15, 0.2) is 0 Å². The Morgan fingerprint density at radius 3 is 2.58 bits per heavy atom. The second-order valence-electron chi connectivity index (χ2n) is 6.13. The molecule has 0 fully saturated rings. The molecule has 19 heavy (non-hydrogen) atoms. The number of hydrogen-bond acceptors (Lipinski definition) is 2. The van der Waals surface area contributed by atoms with E-state index in [2.05, 4.69) is 0 Å². The highest BCUT2D eigenvalue weighted by Crippen LogP contribution is 2.34. The number of rotatable bonds is 3. The Bertz CT molecular complexity index is 489. The number of aryl methyl sites for hydroxylation is 1. The summed E-state index contributed by atoms with van der Waals surface area (Å²) in [5.74, 6) is -0.576. The van der Waals surface area contributed by atoms with Gasteiger partial charge in [0.1, 0.15) is 5.75 Å². The molecule has 104 valence electrons. The van der Waals surface area contributed by atoms with Crippen LogP contribution in [0.25, 0.3) is 0 Å². The zero-order valence-electron chi connectivity index (χ0n) is 11.7. The number of aromatic hydroxyl groups is 1. The van der Waals surface area contributed by atoms with Crippen molar-refractivity contribution in [3.05, 3.63) is 28.8 Å². The highest BCUT2D eigenvalue weighted by atomic mass is 16.4. The van der Waals surface area contributed by atoms with Gasteiger partial charge in [-0.25, -0.2) is 0 Å². The molecule has 0 spiro atoms. The van der Waals surface area contributed by atoms with Gasteiger partial charge in [0, 0.05) is 0 Å². The average molecular weight is 262 g/mol. The third-order valence-electron chi connectivity index (χ3n) is 4.07. The van der Waals surface area contributed by atoms with Crippen LogP contribution in [0.15, 0.2) is 12.1 Å². The number of aliphatic carboxylic acids is 1. The Morgan fingerprint density at radius 2 is 1.89 bits per heavy atom. The second kappa shape index (κ2) is 5.24. The maximum Gasteiger partial charge on any atom is 0.309 e. The molecule has 3 heteroatoms. The van der Waals surface area contributed by atoms with E-state index < -0.39 is 11.4 Å². The van der Waals surface area contributed by atoms with Gasteiger partial charge in [-0.1, -0.05) is 12.5 Å². The highest BCUT2D eigenvalue weighted by Gasteiger charge is 2.30. The van der Waals surface area contributed by atoms with Crippen LogP contribution in [-0.4, -0.2) is 16.2 Å². The minimum atomic E-state index is -0.848. The van der Waals surface area contributed by atoms with Gasteiger partial charge in [0.2, 0.25) is 0 Å². The quantitative estimate of drug-likeness (QED) is 0.822. The van der Waals surface area contributed by atoms with Gasteiger partial charge in [0.05, 0.1) is 5.41 Å². The third-order valence-corrected chi connectivity index (χ3v) is 4.07. The zero-order valence-corrected chi connectivity index (χ0v) is 11.7. The zero-order chi connectivity index (χ0) is 14.0. The Kier molecular flexibility index (Phi) is 3.83. The Morgan fingerprint density at radius 1 is 1.21 bits per heavy atom. The summed E-state index contributed by atoms with van der Waals surface area (Å²) in [6.07, 6.45) is 5.88. The van der Waals surface area contributed by atoms with Crippen LogP contribution in [0.4, 0.5) is 0 Å². The smallest absolute Gasteiger partial charge is 0.309 e. The van der Waals surface area contributed by atoms with Gasteiger partial charge >= 0.3 is 5.97 Å². The largest absolute Gasteiger partial charge is 0.508 e. The summed E-state index contributed by atoms with van der Waals surface area (Å²) < 4.78 is 0. The molecular weight excluding hydrogens is 240 g/mol. The number of phenols is 1. The van der Waals surface area contributed by atoms with E-state index in [0.717, 1.165) is 24.8 Å². The molecule has 0 aliphatic heterocycles. The summed E-state index contributed by atoms with van der Waals surface area (Å²) in [7, 11) is 0. The Hall–Kier alpha value is -1.51. The fourth-order valence-electron chi connectivity index (χ4n) is 2.78. The van der Waals surface area contributed by atoms with Crippen molar-refractivity contribution in [3.8, 4) is 5.75 Å². The molecule has 1 aliphatic carbocycles. The van der Waals surface area contributed by atoms with Crippen molar-refractivity contribution in [3.63, 3.8) is 0 Å². The maximum atomic E-state index is 11.3. The van der Waals surface area contributed by atoms with Gasteiger partial charge in [-0.2, -0.15) is 0 Å². The van der Waals surface area contributed by atoms with Crippen molar-refractivity contribution >= 4 is 5.97 Å². The lowest BCUT2D eigenvalue weighted by atomic mass is 9.82. The SMILES string of the molecule is CC(C)(Cc1c(O)ccc2c1CCCCC2)C(=O)O. The van der Waals surface area contributed by atoms with E-state index in [1.807, 2.05) is 6.07 Å². The second-order valence-corrected chi connectivity index (χ2v) is 6.13. The highest BCUT2D eigenvalue weighted by molar-refractivity contribution is 5.74. The molecule has 1 aromatic rings. The number of hydrogen-bond donors (Lipinski definition) is 2. The molecule has 0 saturated carbocycles. The van der Waals surface area contributed by atoms with E-state index in [4.69, 9.17) is 0 Å². The van der Waals surface area contributed by atoms with Crippen molar-refractivity contribution in [2.75, 3.05) is 0 Å². The van der Waals surface area contributed by atoms with E-state index >= 15 is 0 Å². The van der Waals surface area contributed by atoms with Crippen LogP contribution in [0.2, 0.25) is 0 Å². The van der Waals surface area contributed by atoms with Crippen LogP contribution < -0.4 is 0 Å². The molecule has 0 saturated heterocycles. The molecule has 2 N–H and O–H groups in total. The lowest BCUT2D eigenvalue weighted by Crippen LogP contribution is -2.27. The van der Waals surface area contributed by atoms with Crippen LogP contribution in [0.1, 0.15) is 49.8 Å². The van der Waals surface area contributed by atoms with E-state index in [9.17, 15) is 15.0 Å². The summed E-state index contributed by atoms with van der Waals surface area (Å²) in [6.45, 7) is 3.43. The molecule has 0 atom stereocenters. The molecule has 3 nitrogen and oxygen atoms in total. The Labute approximate surface area is 114 Å². The summed E-state index contributed by atoms with van der Waals surface area (Å²) >= 11 is 0. The first-order valence-corrected chi connectivity index (χ1v) is 6.98. The van der Waals surface area contributed by atoms with Crippen LogP contribution in [0, 0.1) is 5.41 Å². The molecule has 0 heterocycles. The van der Waals surface area contributed by atoms with Crippen molar-refractivity contribution in [1.29, 1.82) is 0 Å². The van der Waals surface area contributed by atoms with E-state index in [0.29, 0.717) is 6.42 Å². The van der Waals surface area contributed by atoms with Crippen molar-refractivity contribution in [1.82, 2.24) is 0 Å². The van der Waals surface area contributed by atoms with Gasteiger partial charge < -0.3 is 10.2 Å². The first-order chi connectivity index (χ1) is 8.92. The molecule has 0 aromatic heterocycles. The van der Waals surface area contributed by atoms with Crippen molar-refractivity contribution in [2.24, 2.45) is 5.41 Å². The van der Waals surface area contributed by atoms with E-state index in [1.54, 1.807) is 19.9 Å². The molecule has 0 radical (unpaired) electrons. The normalized spacial score (nSPS) is 15.7. The number of benzene rings is 1. The van der Waals surface area contributed by atoms with Crippen LogP contribution in [-0.2, 0) is 24.1 Å². The first kappa shape index (κ1) is 13.9. The van der Waals surface area contributed by atoms with E-state index in [1.165, 1.54) is 24.0 Å². The fraction of sp³-hybridized carbons (Fsp3) is 0.562. The molecule has 0 unspecified atom stereocenters. The topological polar surface area (TPSA) is 57.5 Å². The van der Waals surface area contributed by atoms with Crippen molar-refractivity contribution in [2.45, 2.75) is 52.4 Å². The first-order valence-electron chi connectivity index (χ1n) is 6.98. The average Bonchev–Trinajstić information content (AvgIpc) is 2.58. The third kappa shape index (κ3) is 2.91. The van der Waals surface area contributed by atoms with Gasteiger partial charge in [0.25, 0.3) is 0 Å². The fourth-order valence-corrected chi connectivity index (χ4v) is 2.78. The summed E-state index contributed by atoms with van der Waals surface area (Å²) in [4.78, 5) is 11.3. The maximum absolute atomic E-state index is 11.3. The van der Waals surface area contributed by atoms with Crippen LogP contribution in [0.3, 0.4) is 0 Å². The summed E-state index contributed by atoms with van der Waals surface area (Å²) in [6, 6.07) is 3.71. The molecule has 0 bridgehead atoms. The van der Waals surface area contributed by atoms with Crippen molar-refractivity contribution < 1.29 is 15.0 Å². The van der Waals surface area contributed by atoms with Crippen LogP contribution >= 0.6 is 0 Å². The van der Waals surface area contributed by atoms with Gasteiger partial charge in [-0.3, -0.25) is 4.79 Å². The lowest BCUT2D eigenvalue weighted by Gasteiger charge is -2.23. The monoisotopic (exact) mass is 262 g/mol. The predicted molar refractivity (Wildman–Crippen MR) is 74.5 cm³/mol. The number of fused-ring (bicyclic) bond motifs is 1. The molecule has 1 aromatic carbocycles. The van der Waals surface area contributed by atoms with Gasteiger partial charge in [-0.05, 0) is 68.7 Å². The number of carbonyl (C=O) groups is 1. The molecule has 0 amide bonds. The predicted octanol–water partition coefficient (Wildman–Crippen LogP) is 3.31. The molecule has 1 aliphatic rings. The van der Waals surface area contributed by atoms with Gasteiger partial charge in [-0.15, -0.1) is 0 Å². The van der Waals surface area contributed by atoms with Crippen LogP contribution in [0.5, 0.6) is 5.75 Å². The molecular formula is C16H22O3. The lowest BCUT2D eigenvalue weighted by molar-refractivity contribution is -0.146. The van der Waals surface area contributed by atoms with E-state index in [-0.39, 0.29) is 5.75 Å². The summed E-state index contributed by atoms with van der Waals surface area (Å²) in [5, 5.41) is 19.4.